The maximum absolute atomic E-state index is 13.9. The molecule has 0 saturated carbocycles. The second-order valence-corrected chi connectivity index (χ2v) is 13.6. The lowest BCUT2D eigenvalue weighted by Gasteiger charge is -2.48. The van der Waals surface area contributed by atoms with E-state index in [1.807, 2.05) is 25.9 Å². The molecule has 2 heterocycles. The summed E-state index contributed by atoms with van der Waals surface area (Å²) in [7, 11) is 3.64. The van der Waals surface area contributed by atoms with E-state index in [0.717, 1.165) is 0 Å². The summed E-state index contributed by atoms with van der Waals surface area (Å²) in [6, 6.07) is -1.45. The van der Waals surface area contributed by atoms with Gasteiger partial charge in [0.2, 0.25) is 0 Å². The molecule has 0 radical (unpaired) electrons. The van der Waals surface area contributed by atoms with Crippen LogP contribution in [-0.2, 0) is 38.1 Å². The number of rotatable bonds is 7. The molecule has 1 amide bonds. The van der Waals surface area contributed by atoms with E-state index in [1.165, 1.54) is 20.8 Å². The molecule has 0 unspecified atom stereocenters. The molecule has 2 rings (SSSR count). The summed E-state index contributed by atoms with van der Waals surface area (Å²) in [6.45, 7) is 13.0. The van der Waals surface area contributed by atoms with Crippen molar-refractivity contribution in [2.24, 2.45) is 35.1 Å². The fourth-order valence-corrected chi connectivity index (χ4v) is 7.00. The number of nitrogens with two attached hydrogens (primary N) is 2. The van der Waals surface area contributed by atoms with Crippen LogP contribution in [0.1, 0.15) is 74.7 Å². The van der Waals surface area contributed by atoms with E-state index in [0.29, 0.717) is 6.42 Å². The Labute approximate surface area is 266 Å². The predicted molar refractivity (Wildman–Crippen MR) is 162 cm³/mol. The highest BCUT2D eigenvalue weighted by molar-refractivity contribution is 5.84. The molecule has 2 aliphatic rings. The highest BCUT2D eigenvalue weighted by Gasteiger charge is 2.53. The topological polar surface area (TPSA) is 210 Å². The van der Waals surface area contributed by atoms with Crippen LogP contribution in [0.5, 0.6) is 0 Å². The van der Waals surface area contributed by atoms with Gasteiger partial charge in [0, 0.05) is 23.8 Å². The van der Waals surface area contributed by atoms with Crippen molar-refractivity contribution in [3.8, 4) is 0 Å². The predicted octanol–water partition coefficient (Wildman–Crippen LogP) is 1.11. The van der Waals surface area contributed by atoms with Crippen molar-refractivity contribution in [3.63, 3.8) is 0 Å². The number of ketones is 1. The molecule has 2 aliphatic heterocycles. The summed E-state index contributed by atoms with van der Waals surface area (Å²) in [5.41, 5.74) is 8.86. The van der Waals surface area contributed by atoms with Crippen LogP contribution < -0.4 is 11.5 Å². The second kappa shape index (κ2) is 15.5. The first kappa shape index (κ1) is 38.8. The Morgan fingerprint density at radius 1 is 1.09 bits per heavy atom. The molecule has 0 bridgehead atoms. The van der Waals surface area contributed by atoms with Crippen LogP contribution in [0.25, 0.3) is 0 Å². The van der Waals surface area contributed by atoms with Gasteiger partial charge in [0.05, 0.1) is 24.2 Å². The summed E-state index contributed by atoms with van der Waals surface area (Å²) < 4.78 is 29.4. The standard InChI is InChI=1S/C31H55N3O11/c1-11-21-31(8,41-14-35)25(32)17(4)22(36)15(2)13-30(7,45-29(33)40)26(18(5)23(37)19(6)27(39)43-21)44-28-24(38)20(34(9)10)12-16(3)42-28/h14-21,23-26,28,37-38H,11-13,32H2,1-10H3,(H2,33,40)/t15-,16-,17+,18+,19-,20+,21-,23+,24-,25-,26-,28+,30-,31-/m1/s1. The maximum atomic E-state index is 13.9. The third-order valence-corrected chi connectivity index (χ3v) is 9.81. The lowest BCUT2D eigenvalue weighted by atomic mass is 9.73. The highest BCUT2D eigenvalue weighted by Crippen LogP contribution is 2.39. The summed E-state index contributed by atoms with van der Waals surface area (Å²) in [4.78, 5) is 53.2. The number of cyclic esters (lactones) is 1. The lowest BCUT2D eigenvalue weighted by molar-refractivity contribution is -0.298. The van der Waals surface area contributed by atoms with E-state index in [4.69, 9.17) is 35.2 Å². The molecule has 0 aromatic carbocycles. The molecule has 45 heavy (non-hydrogen) atoms. The molecule has 14 nitrogen and oxygen atoms in total. The number of hydrogen-bond acceptors (Lipinski definition) is 13. The number of Topliss-reactive ketones (excluding diaryl/α,β-unsaturated/α-hetero) is 1. The van der Waals surface area contributed by atoms with Crippen molar-refractivity contribution in [3.05, 3.63) is 0 Å². The molecule has 0 spiro atoms. The van der Waals surface area contributed by atoms with Crippen molar-refractivity contribution >= 4 is 24.3 Å². The summed E-state index contributed by atoms with van der Waals surface area (Å²) in [5, 5.41) is 22.9. The molecule has 260 valence electrons. The van der Waals surface area contributed by atoms with Gasteiger partial charge in [0.1, 0.15) is 29.7 Å². The van der Waals surface area contributed by atoms with Crippen molar-refractivity contribution < 1.29 is 53.1 Å². The molecule has 0 aromatic rings. The van der Waals surface area contributed by atoms with E-state index in [-0.39, 0.29) is 37.2 Å². The van der Waals surface area contributed by atoms with Crippen LogP contribution in [0, 0.1) is 23.7 Å². The molecular weight excluding hydrogens is 590 g/mol. The smallest absolute Gasteiger partial charge is 0.405 e. The maximum Gasteiger partial charge on any atom is 0.405 e. The van der Waals surface area contributed by atoms with Crippen LogP contribution in [-0.4, -0.2) is 114 Å². The first-order valence-corrected chi connectivity index (χ1v) is 15.7. The number of carbonyl (C=O) groups excluding carboxylic acids is 4. The van der Waals surface area contributed by atoms with E-state index >= 15 is 0 Å². The average Bonchev–Trinajstić information content (AvgIpc) is 2.96. The van der Waals surface area contributed by atoms with Gasteiger partial charge in [-0.05, 0) is 61.1 Å². The van der Waals surface area contributed by atoms with Gasteiger partial charge in [0.15, 0.2) is 11.9 Å². The number of esters is 1. The lowest BCUT2D eigenvalue weighted by Crippen LogP contribution is -2.62. The van der Waals surface area contributed by atoms with Gasteiger partial charge in [-0.25, -0.2) is 4.79 Å². The van der Waals surface area contributed by atoms with Crippen LogP contribution in [0.2, 0.25) is 0 Å². The molecule has 0 aromatic heterocycles. The fourth-order valence-electron chi connectivity index (χ4n) is 7.00. The third-order valence-electron chi connectivity index (χ3n) is 9.81. The number of hydrogen-bond donors (Lipinski definition) is 4. The van der Waals surface area contributed by atoms with Crippen molar-refractivity contribution in [2.45, 2.75) is 135 Å². The molecule has 14 atom stereocenters. The minimum Gasteiger partial charge on any atom is -0.458 e. The number of aliphatic hydroxyl groups is 2. The Morgan fingerprint density at radius 3 is 2.20 bits per heavy atom. The number of primary amides is 1. The summed E-state index contributed by atoms with van der Waals surface area (Å²) >= 11 is 0. The second-order valence-electron chi connectivity index (χ2n) is 13.6. The Hall–Kier alpha value is -2.36. The van der Waals surface area contributed by atoms with Crippen LogP contribution in [0.4, 0.5) is 4.79 Å². The van der Waals surface area contributed by atoms with Crippen LogP contribution >= 0.6 is 0 Å². The van der Waals surface area contributed by atoms with E-state index in [9.17, 15) is 29.4 Å². The summed E-state index contributed by atoms with van der Waals surface area (Å²) in [6.07, 6.45) is -6.99. The number of carbonyl (C=O) groups is 4. The largest absolute Gasteiger partial charge is 0.458 e. The van der Waals surface area contributed by atoms with Crippen molar-refractivity contribution in [1.29, 1.82) is 0 Å². The molecule has 6 N–H and O–H groups in total. The zero-order valence-electron chi connectivity index (χ0n) is 28.3. The van der Waals surface area contributed by atoms with Crippen LogP contribution in [0.15, 0.2) is 0 Å². The van der Waals surface area contributed by atoms with Gasteiger partial charge in [-0.15, -0.1) is 0 Å². The minimum atomic E-state index is -1.68. The molecular formula is C31H55N3O11. The van der Waals surface area contributed by atoms with Crippen LogP contribution in [0.3, 0.4) is 0 Å². The Morgan fingerprint density at radius 2 is 1.69 bits per heavy atom. The van der Waals surface area contributed by atoms with Gasteiger partial charge in [0.25, 0.3) is 6.47 Å². The number of amides is 1. The monoisotopic (exact) mass is 645 g/mol. The molecule has 14 heteroatoms. The minimum absolute atomic E-state index is 0.135. The summed E-state index contributed by atoms with van der Waals surface area (Å²) in [5.74, 6) is -5.02. The first-order valence-electron chi connectivity index (χ1n) is 15.7. The van der Waals surface area contributed by atoms with Crippen molar-refractivity contribution in [2.75, 3.05) is 14.1 Å². The zero-order chi connectivity index (χ0) is 34.6. The van der Waals surface area contributed by atoms with Gasteiger partial charge >= 0.3 is 12.1 Å². The quantitative estimate of drug-likeness (QED) is 0.174. The van der Waals surface area contributed by atoms with Gasteiger partial charge in [-0.1, -0.05) is 27.7 Å². The van der Waals surface area contributed by atoms with Gasteiger partial charge in [-0.3, -0.25) is 14.4 Å². The van der Waals surface area contributed by atoms with E-state index < -0.39 is 83.7 Å². The first-order chi connectivity index (χ1) is 20.7. The van der Waals surface area contributed by atoms with Crippen molar-refractivity contribution in [1.82, 2.24) is 4.90 Å². The molecule has 2 fully saturated rings. The highest BCUT2D eigenvalue weighted by atomic mass is 16.7. The normalized spacial score (nSPS) is 44.0. The number of aliphatic hydroxyl groups excluding tert-OH is 2. The fraction of sp³-hybridized carbons (Fsp3) is 0.871. The van der Waals surface area contributed by atoms with E-state index in [2.05, 4.69) is 0 Å². The molecule has 2 saturated heterocycles. The Kier molecular flexibility index (Phi) is 13.4. The number of nitrogens with zero attached hydrogens (tertiary/aromatic N) is 1. The van der Waals surface area contributed by atoms with E-state index in [1.54, 1.807) is 27.7 Å². The number of ether oxygens (including phenoxy) is 5. The Bertz CT molecular complexity index is 1050. The zero-order valence-corrected chi connectivity index (χ0v) is 28.3. The third kappa shape index (κ3) is 8.52. The van der Waals surface area contributed by atoms with Gasteiger partial charge in [-0.2, -0.15) is 0 Å². The molecule has 0 aliphatic carbocycles. The number of likely N-dealkylation sites (N-methyl/N-ethyl adjacent to an activating group) is 1. The van der Waals surface area contributed by atoms with Gasteiger partial charge < -0.3 is 50.3 Å². The average molecular weight is 646 g/mol. The Balaban J connectivity index is 2.73. The SMILES string of the molecule is CC[C@H]1OC(=O)[C@H](C)[C@@H](O)[C@H](C)[C@@H](O[C@@H]2O[C@H](C)C[C@H](N(C)C)[C@H]2O)[C@](C)(OC(N)=O)C[C@@H](C)C(=O)[C@H](C)[C@@H](N)[C@]1(C)OC=O.